The Kier molecular flexibility index (Phi) is 2.26. The van der Waals surface area contributed by atoms with Crippen molar-refractivity contribution in [2.24, 2.45) is 0 Å². The molecule has 3 aromatic rings. The Morgan fingerprint density at radius 2 is 1.88 bits per heavy atom. The summed E-state index contributed by atoms with van der Waals surface area (Å²) < 4.78 is 1.93. The van der Waals surface area contributed by atoms with Crippen LogP contribution in [0.3, 0.4) is 0 Å². The molecule has 3 rings (SSSR count). The van der Waals surface area contributed by atoms with Gasteiger partial charge in [0.25, 0.3) is 0 Å². The molecule has 0 aliphatic carbocycles. The van der Waals surface area contributed by atoms with Crippen LogP contribution in [-0.4, -0.2) is 9.55 Å². The highest BCUT2D eigenvalue weighted by atomic mass is 15.0. The fraction of sp³-hybridized carbons (Fsp3) is 0. The highest BCUT2D eigenvalue weighted by Gasteiger charge is 2.07. The molecule has 1 aromatic heterocycles. The summed E-state index contributed by atoms with van der Waals surface area (Å²) in [4.78, 5) is 4.40. The third-order valence-corrected chi connectivity index (χ3v) is 2.90. The first kappa shape index (κ1) is 9.85. The monoisotopic (exact) mass is 220 g/mol. The second-order valence-corrected chi connectivity index (χ2v) is 3.87. The Morgan fingerprint density at radius 3 is 2.76 bits per heavy atom. The van der Waals surface area contributed by atoms with Crippen molar-refractivity contribution in [3.05, 3.63) is 61.4 Å². The molecule has 0 N–H and O–H groups in total. The van der Waals surface area contributed by atoms with Crippen LogP contribution in [0.2, 0.25) is 0 Å². The number of fused-ring (bicyclic) bond motifs is 1. The molecule has 1 heterocycles. The molecule has 0 bridgehead atoms. The van der Waals surface area contributed by atoms with Gasteiger partial charge in [0.1, 0.15) is 5.82 Å². The normalized spacial score (nSPS) is 10.6. The van der Waals surface area contributed by atoms with Crippen molar-refractivity contribution in [2.75, 3.05) is 0 Å². The van der Waals surface area contributed by atoms with Gasteiger partial charge < -0.3 is 4.57 Å². The van der Waals surface area contributed by atoms with Gasteiger partial charge in [-0.3, -0.25) is 0 Å². The first-order valence-corrected chi connectivity index (χ1v) is 5.53. The summed E-state index contributed by atoms with van der Waals surface area (Å²) in [6.07, 6.45) is 5.47. The lowest BCUT2D eigenvalue weighted by molar-refractivity contribution is 1.15. The van der Waals surface area contributed by atoms with Crippen LogP contribution in [-0.2, 0) is 0 Å². The van der Waals surface area contributed by atoms with Gasteiger partial charge in [-0.1, -0.05) is 49.0 Å². The van der Waals surface area contributed by atoms with Gasteiger partial charge in [-0.25, -0.2) is 4.98 Å². The van der Waals surface area contributed by atoms with E-state index in [1.165, 1.54) is 10.8 Å². The number of imidazole rings is 1. The molecule has 0 radical (unpaired) electrons. The molecule has 0 aliphatic heterocycles. The van der Waals surface area contributed by atoms with E-state index >= 15 is 0 Å². The molecule has 0 atom stereocenters. The predicted octanol–water partition coefficient (Wildman–Crippen LogP) is 3.80. The second kappa shape index (κ2) is 3.91. The lowest BCUT2D eigenvalue weighted by Crippen LogP contribution is -1.90. The number of nitrogens with zero attached hydrogens (tertiary/aromatic N) is 2. The van der Waals surface area contributed by atoms with Crippen LogP contribution < -0.4 is 0 Å². The minimum absolute atomic E-state index is 0.928. The molecule has 0 spiro atoms. The van der Waals surface area contributed by atoms with E-state index in [9.17, 15) is 0 Å². The summed E-state index contributed by atoms with van der Waals surface area (Å²) in [6, 6.07) is 14.6. The van der Waals surface area contributed by atoms with Crippen LogP contribution in [0.5, 0.6) is 0 Å². The van der Waals surface area contributed by atoms with Gasteiger partial charge in [0.2, 0.25) is 0 Å². The molecule has 17 heavy (non-hydrogen) atoms. The highest BCUT2D eigenvalue weighted by Crippen LogP contribution is 2.27. The molecule has 2 aromatic carbocycles. The zero-order chi connectivity index (χ0) is 11.7. The summed E-state index contributed by atoms with van der Waals surface area (Å²) in [7, 11) is 0. The zero-order valence-electron chi connectivity index (χ0n) is 9.38. The van der Waals surface area contributed by atoms with Crippen LogP contribution in [0.25, 0.3) is 28.4 Å². The van der Waals surface area contributed by atoms with Crippen LogP contribution in [0.15, 0.2) is 61.4 Å². The number of benzene rings is 2. The molecular weight excluding hydrogens is 208 g/mol. The van der Waals surface area contributed by atoms with Crippen molar-refractivity contribution in [1.29, 1.82) is 0 Å². The van der Waals surface area contributed by atoms with E-state index in [-0.39, 0.29) is 0 Å². The molecule has 0 amide bonds. The lowest BCUT2D eigenvalue weighted by Gasteiger charge is -2.06. The molecule has 0 fully saturated rings. The Hall–Kier alpha value is -2.35. The third kappa shape index (κ3) is 1.54. The van der Waals surface area contributed by atoms with Crippen molar-refractivity contribution < 1.29 is 0 Å². The van der Waals surface area contributed by atoms with Crippen molar-refractivity contribution >= 4 is 17.0 Å². The zero-order valence-corrected chi connectivity index (χ0v) is 9.38. The smallest absolute Gasteiger partial charge is 0.144 e. The van der Waals surface area contributed by atoms with Crippen molar-refractivity contribution in [3.63, 3.8) is 0 Å². The van der Waals surface area contributed by atoms with E-state index in [2.05, 4.69) is 41.9 Å². The number of hydrogen-bond donors (Lipinski definition) is 0. The van der Waals surface area contributed by atoms with E-state index in [0.29, 0.717) is 0 Å². The predicted molar refractivity (Wildman–Crippen MR) is 71.6 cm³/mol. The van der Waals surface area contributed by atoms with E-state index < -0.39 is 0 Å². The van der Waals surface area contributed by atoms with E-state index in [1.54, 1.807) is 12.4 Å². The molecular formula is C15H12N2. The lowest BCUT2D eigenvalue weighted by atomic mass is 10.0. The topological polar surface area (TPSA) is 17.8 Å². The Balaban J connectivity index is 2.34. The molecule has 0 saturated heterocycles. The Bertz CT molecular complexity index is 675. The molecule has 0 saturated carbocycles. The first-order chi connectivity index (χ1) is 8.40. The average molecular weight is 220 g/mol. The molecule has 2 heteroatoms. The molecule has 2 nitrogen and oxygen atoms in total. The largest absolute Gasteiger partial charge is 0.307 e. The standard InChI is InChI=1S/C15H12N2/c1-2-17-11-10-16-15(17)14-9-5-7-12-6-3-4-8-13(12)14/h2-11H,1H2. The molecule has 82 valence electrons. The van der Waals surface area contributed by atoms with E-state index in [4.69, 9.17) is 0 Å². The summed E-state index contributed by atoms with van der Waals surface area (Å²) in [5, 5.41) is 2.44. The second-order valence-electron chi connectivity index (χ2n) is 3.87. The van der Waals surface area contributed by atoms with Crippen molar-refractivity contribution in [3.8, 4) is 11.4 Å². The summed E-state index contributed by atoms with van der Waals surface area (Å²) in [5.41, 5.74) is 1.13. The van der Waals surface area contributed by atoms with Crippen molar-refractivity contribution in [2.45, 2.75) is 0 Å². The highest BCUT2D eigenvalue weighted by molar-refractivity contribution is 5.95. The Labute approximate surface area is 99.8 Å². The minimum Gasteiger partial charge on any atom is -0.307 e. The summed E-state index contributed by atoms with van der Waals surface area (Å²) in [5.74, 6) is 0.928. The average Bonchev–Trinajstić information content (AvgIpc) is 2.86. The fourth-order valence-electron chi connectivity index (χ4n) is 2.09. The maximum Gasteiger partial charge on any atom is 0.144 e. The van der Waals surface area contributed by atoms with Gasteiger partial charge >= 0.3 is 0 Å². The van der Waals surface area contributed by atoms with Crippen LogP contribution in [0.4, 0.5) is 0 Å². The van der Waals surface area contributed by atoms with Gasteiger partial charge in [-0.05, 0) is 10.8 Å². The van der Waals surface area contributed by atoms with Crippen molar-refractivity contribution in [1.82, 2.24) is 9.55 Å². The summed E-state index contributed by atoms with van der Waals surface area (Å²) in [6.45, 7) is 3.79. The van der Waals surface area contributed by atoms with Gasteiger partial charge in [-0.2, -0.15) is 0 Å². The quantitative estimate of drug-likeness (QED) is 0.642. The molecule has 0 unspecified atom stereocenters. The maximum atomic E-state index is 4.40. The maximum absolute atomic E-state index is 4.40. The number of hydrogen-bond acceptors (Lipinski definition) is 1. The van der Waals surface area contributed by atoms with E-state index in [1.807, 2.05) is 22.9 Å². The SMILES string of the molecule is C=Cn1ccnc1-c1cccc2ccccc12. The van der Waals surface area contributed by atoms with Crippen LogP contribution in [0, 0.1) is 0 Å². The summed E-state index contributed by atoms with van der Waals surface area (Å²) >= 11 is 0. The van der Waals surface area contributed by atoms with Gasteiger partial charge in [0.05, 0.1) is 0 Å². The number of aromatic nitrogens is 2. The molecule has 0 aliphatic rings. The Morgan fingerprint density at radius 1 is 1.06 bits per heavy atom. The van der Waals surface area contributed by atoms with E-state index in [0.717, 1.165) is 11.4 Å². The number of rotatable bonds is 2. The third-order valence-electron chi connectivity index (χ3n) is 2.90. The van der Waals surface area contributed by atoms with Crippen LogP contribution in [0.1, 0.15) is 0 Å². The van der Waals surface area contributed by atoms with Gasteiger partial charge in [0.15, 0.2) is 0 Å². The first-order valence-electron chi connectivity index (χ1n) is 5.53. The van der Waals surface area contributed by atoms with Crippen LogP contribution >= 0.6 is 0 Å². The fourth-order valence-corrected chi connectivity index (χ4v) is 2.09. The van der Waals surface area contributed by atoms with Gasteiger partial charge in [0, 0.05) is 24.2 Å². The minimum atomic E-state index is 0.928. The van der Waals surface area contributed by atoms with Gasteiger partial charge in [-0.15, -0.1) is 0 Å².